The van der Waals surface area contributed by atoms with Crippen molar-refractivity contribution in [2.45, 2.75) is 32.2 Å². The minimum atomic E-state index is -0.251. The molecule has 1 atom stereocenters. The number of hydrogen-bond donors (Lipinski definition) is 3. The summed E-state index contributed by atoms with van der Waals surface area (Å²) in [7, 11) is 1.66. The van der Waals surface area contributed by atoms with Crippen LogP contribution < -0.4 is 16.6 Å². The highest BCUT2D eigenvalue weighted by Gasteiger charge is 2.10. The molecule has 0 radical (unpaired) electrons. The molecule has 1 unspecified atom stereocenters. The van der Waals surface area contributed by atoms with E-state index in [1.165, 1.54) is 5.56 Å². The Morgan fingerprint density at radius 2 is 2.00 bits per heavy atom. The molecule has 4 nitrogen and oxygen atoms in total. The Kier molecular flexibility index (Phi) is 5.66. The zero-order valence-electron chi connectivity index (χ0n) is 10.5. The van der Waals surface area contributed by atoms with E-state index in [2.05, 4.69) is 29.9 Å². The number of nitrogens with one attached hydrogen (secondary N) is 2. The maximum Gasteiger partial charge on any atom is 0.235 e. The smallest absolute Gasteiger partial charge is 0.235 e. The Bertz CT molecular complexity index is 348. The second-order valence-electron chi connectivity index (χ2n) is 4.10. The van der Waals surface area contributed by atoms with Gasteiger partial charge in [0.05, 0.1) is 0 Å². The predicted octanol–water partition coefficient (Wildman–Crippen LogP) is 1.28. The lowest BCUT2D eigenvalue weighted by Crippen LogP contribution is -2.36. The van der Waals surface area contributed by atoms with Gasteiger partial charge in [0.25, 0.3) is 0 Å². The fraction of sp³-hybridized carbons (Fsp3) is 0.462. The summed E-state index contributed by atoms with van der Waals surface area (Å²) in [4.78, 5) is 11.3. The van der Waals surface area contributed by atoms with Crippen LogP contribution in [0, 0.1) is 0 Å². The van der Waals surface area contributed by atoms with Crippen molar-refractivity contribution in [3.8, 4) is 0 Å². The summed E-state index contributed by atoms with van der Waals surface area (Å²) >= 11 is 0. The summed E-state index contributed by atoms with van der Waals surface area (Å²) in [5.74, 6) is -0.0994. The van der Waals surface area contributed by atoms with E-state index in [0.717, 1.165) is 18.4 Å². The Morgan fingerprint density at radius 1 is 1.35 bits per heavy atom. The molecule has 1 aromatic rings. The Labute approximate surface area is 103 Å². The van der Waals surface area contributed by atoms with Gasteiger partial charge in [-0.15, -0.1) is 0 Å². The van der Waals surface area contributed by atoms with Crippen molar-refractivity contribution in [2.75, 3.05) is 7.05 Å². The lowest BCUT2D eigenvalue weighted by molar-refractivity contribution is -0.122. The van der Waals surface area contributed by atoms with Gasteiger partial charge in [-0.25, -0.2) is 5.43 Å². The minimum absolute atomic E-state index is 0.0994. The zero-order chi connectivity index (χ0) is 12.7. The maximum absolute atomic E-state index is 11.3. The van der Waals surface area contributed by atoms with Gasteiger partial charge >= 0.3 is 0 Å². The fourth-order valence-electron chi connectivity index (χ4n) is 1.73. The third-order valence-electron chi connectivity index (χ3n) is 2.62. The van der Waals surface area contributed by atoms with Crippen molar-refractivity contribution in [1.82, 2.24) is 10.9 Å². The first kappa shape index (κ1) is 13.7. The molecule has 0 aliphatic carbocycles. The summed E-state index contributed by atoms with van der Waals surface area (Å²) in [6.07, 6.45) is 2.50. The van der Waals surface area contributed by atoms with Gasteiger partial charge in [-0.05, 0) is 17.5 Å². The monoisotopic (exact) mass is 235 g/mol. The van der Waals surface area contributed by atoms with Crippen LogP contribution in [0.5, 0.6) is 0 Å². The predicted molar refractivity (Wildman–Crippen MR) is 69.2 cm³/mol. The Balaban J connectivity index is 2.56. The second-order valence-corrected chi connectivity index (χ2v) is 4.10. The third-order valence-corrected chi connectivity index (χ3v) is 2.62. The van der Waals surface area contributed by atoms with Crippen molar-refractivity contribution >= 4 is 5.91 Å². The second kappa shape index (κ2) is 7.04. The molecular weight excluding hydrogens is 214 g/mol. The number of amides is 1. The van der Waals surface area contributed by atoms with Crippen molar-refractivity contribution in [3.63, 3.8) is 0 Å². The third kappa shape index (κ3) is 4.54. The molecule has 0 spiro atoms. The number of benzene rings is 1. The number of aryl methyl sites for hydroxylation is 1. The number of carbonyl (C=O) groups is 1. The highest BCUT2D eigenvalue weighted by Crippen LogP contribution is 2.15. The fourth-order valence-corrected chi connectivity index (χ4v) is 1.73. The van der Waals surface area contributed by atoms with Crippen molar-refractivity contribution in [3.05, 3.63) is 35.4 Å². The van der Waals surface area contributed by atoms with E-state index >= 15 is 0 Å². The molecule has 0 saturated carbocycles. The number of hydrogen-bond acceptors (Lipinski definition) is 3. The normalized spacial score (nSPS) is 12.2. The van der Waals surface area contributed by atoms with Gasteiger partial charge in [-0.1, -0.05) is 37.6 Å². The average molecular weight is 235 g/mol. The number of hydrazine groups is 1. The van der Waals surface area contributed by atoms with Crippen LogP contribution in [0.4, 0.5) is 0 Å². The zero-order valence-corrected chi connectivity index (χ0v) is 10.5. The van der Waals surface area contributed by atoms with Gasteiger partial charge in [0.15, 0.2) is 0 Å². The van der Waals surface area contributed by atoms with Crippen molar-refractivity contribution in [1.29, 1.82) is 0 Å². The molecular formula is C13H21N3O. The average Bonchev–Trinajstić information content (AvgIpc) is 2.30. The van der Waals surface area contributed by atoms with E-state index in [1.807, 2.05) is 12.1 Å². The van der Waals surface area contributed by atoms with Crippen LogP contribution in [0.15, 0.2) is 24.3 Å². The lowest BCUT2D eigenvalue weighted by Gasteiger charge is -2.12. The molecule has 0 saturated heterocycles. The van der Waals surface area contributed by atoms with E-state index in [1.54, 1.807) is 7.05 Å². The van der Waals surface area contributed by atoms with Gasteiger partial charge in [0.1, 0.15) is 0 Å². The SMILES string of the molecule is CCCc1ccc(C(N)CC(=O)NNC)cc1. The van der Waals surface area contributed by atoms with E-state index in [-0.39, 0.29) is 18.4 Å². The van der Waals surface area contributed by atoms with Crippen LogP contribution in [0.2, 0.25) is 0 Å². The molecule has 0 fully saturated rings. The molecule has 1 amide bonds. The first-order valence-corrected chi connectivity index (χ1v) is 5.97. The van der Waals surface area contributed by atoms with Crippen LogP contribution in [-0.2, 0) is 11.2 Å². The molecule has 0 aliphatic heterocycles. The number of carbonyl (C=O) groups excluding carboxylic acids is 1. The molecule has 4 N–H and O–H groups in total. The molecule has 0 heterocycles. The molecule has 0 aliphatic rings. The summed E-state index contributed by atoms with van der Waals surface area (Å²) in [6.45, 7) is 2.15. The number of nitrogens with two attached hydrogens (primary N) is 1. The number of rotatable bonds is 6. The highest BCUT2D eigenvalue weighted by molar-refractivity contribution is 5.76. The van der Waals surface area contributed by atoms with Crippen LogP contribution >= 0.6 is 0 Å². The first-order valence-electron chi connectivity index (χ1n) is 5.97. The van der Waals surface area contributed by atoms with Gasteiger partial charge < -0.3 is 5.73 Å². The van der Waals surface area contributed by atoms with Gasteiger partial charge in [-0.3, -0.25) is 10.2 Å². The Morgan fingerprint density at radius 3 is 2.53 bits per heavy atom. The summed E-state index contributed by atoms with van der Waals surface area (Å²) in [5, 5.41) is 0. The molecule has 1 rings (SSSR count). The highest BCUT2D eigenvalue weighted by atomic mass is 16.2. The summed E-state index contributed by atoms with van der Waals surface area (Å²) < 4.78 is 0. The van der Waals surface area contributed by atoms with Gasteiger partial charge in [0, 0.05) is 19.5 Å². The quantitative estimate of drug-likeness (QED) is 0.651. The molecule has 0 bridgehead atoms. The largest absolute Gasteiger partial charge is 0.324 e. The van der Waals surface area contributed by atoms with E-state index < -0.39 is 0 Å². The molecule has 0 aromatic heterocycles. The Hall–Kier alpha value is -1.39. The van der Waals surface area contributed by atoms with Crippen molar-refractivity contribution < 1.29 is 4.79 Å². The lowest BCUT2D eigenvalue weighted by atomic mass is 10.0. The standard InChI is InChI=1S/C13H21N3O/c1-3-4-10-5-7-11(8-6-10)12(14)9-13(17)16-15-2/h5-8,12,15H,3-4,9,14H2,1-2H3,(H,16,17). The van der Waals surface area contributed by atoms with E-state index in [4.69, 9.17) is 5.73 Å². The minimum Gasteiger partial charge on any atom is -0.324 e. The summed E-state index contributed by atoms with van der Waals surface area (Å²) in [6, 6.07) is 7.91. The van der Waals surface area contributed by atoms with Crippen LogP contribution in [0.25, 0.3) is 0 Å². The van der Waals surface area contributed by atoms with Crippen LogP contribution in [0.3, 0.4) is 0 Å². The topological polar surface area (TPSA) is 67.2 Å². The molecule has 17 heavy (non-hydrogen) atoms. The van der Waals surface area contributed by atoms with E-state index in [9.17, 15) is 4.79 Å². The van der Waals surface area contributed by atoms with Gasteiger partial charge in [-0.2, -0.15) is 0 Å². The molecule has 1 aromatic carbocycles. The van der Waals surface area contributed by atoms with Crippen LogP contribution in [-0.4, -0.2) is 13.0 Å². The molecule has 94 valence electrons. The van der Waals surface area contributed by atoms with E-state index in [0.29, 0.717) is 0 Å². The first-order chi connectivity index (χ1) is 8.17. The molecule has 4 heteroatoms. The van der Waals surface area contributed by atoms with Crippen molar-refractivity contribution in [2.24, 2.45) is 5.73 Å². The van der Waals surface area contributed by atoms with Crippen LogP contribution in [0.1, 0.15) is 36.9 Å². The maximum atomic E-state index is 11.3. The van der Waals surface area contributed by atoms with Gasteiger partial charge in [0.2, 0.25) is 5.91 Å². The summed E-state index contributed by atoms with van der Waals surface area (Å²) in [5.41, 5.74) is 13.4.